The van der Waals surface area contributed by atoms with Gasteiger partial charge in [0.05, 0.1) is 19.3 Å². The predicted octanol–water partition coefficient (Wildman–Crippen LogP) is 2.87. The Morgan fingerprint density at radius 3 is 2.62 bits per heavy atom. The van der Waals surface area contributed by atoms with Crippen LogP contribution in [0.2, 0.25) is 0 Å². The molecular weight excluding hydrogens is 264 g/mol. The van der Waals surface area contributed by atoms with Gasteiger partial charge < -0.3 is 10.1 Å². The van der Waals surface area contributed by atoms with E-state index in [0.717, 1.165) is 11.1 Å². The molecule has 1 aromatic carbocycles. The normalized spacial score (nSPS) is 11.9. The van der Waals surface area contributed by atoms with Crippen LogP contribution in [-0.4, -0.2) is 17.5 Å². The molecule has 4 nitrogen and oxygen atoms in total. The van der Waals surface area contributed by atoms with Crippen molar-refractivity contribution in [2.24, 2.45) is 0 Å². The number of carbonyl (C=O) groups excluding carboxylic acids is 1. The Labute approximate surface area is 125 Å². The van der Waals surface area contributed by atoms with Crippen LogP contribution in [0.15, 0.2) is 54.9 Å². The molecule has 0 aliphatic rings. The average Bonchev–Trinajstić information content (AvgIpc) is 2.53. The summed E-state index contributed by atoms with van der Waals surface area (Å²) in [5.74, 6) is -0.00706. The third-order valence-corrected chi connectivity index (χ3v) is 3.17. The van der Waals surface area contributed by atoms with Crippen LogP contribution >= 0.6 is 0 Å². The summed E-state index contributed by atoms with van der Waals surface area (Å²) in [7, 11) is 0. The molecule has 1 atom stereocenters. The lowest BCUT2D eigenvalue weighted by molar-refractivity contribution is -0.122. The van der Waals surface area contributed by atoms with Crippen molar-refractivity contribution in [1.82, 2.24) is 10.3 Å². The van der Waals surface area contributed by atoms with Gasteiger partial charge in [0.25, 0.3) is 0 Å². The lowest BCUT2D eigenvalue weighted by Crippen LogP contribution is -2.27. The van der Waals surface area contributed by atoms with Crippen molar-refractivity contribution in [1.29, 1.82) is 0 Å². The SMILES string of the molecule is C[C@@H](NC(=O)CCOCc1ccccc1)c1ccncc1. The number of hydrogen-bond acceptors (Lipinski definition) is 3. The van der Waals surface area contributed by atoms with Crippen LogP contribution in [0.5, 0.6) is 0 Å². The van der Waals surface area contributed by atoms with Gasteiger partial charge in [-0.1, -0.05) is 30.3 Å². The zero-order valence-electron chi connectivity index (χ0n) is 12.2. The molecule has 1 N–H and O–H groups in total. The minimum atomic E-state index is -0.0189. The van der Waals surface area contributed by atoms with Gasteiger partial charge in [0, 0.05) is 18.8 Å². The predicted molar refractivity (Wildman–Crippen MR) is 81.5 cm³/mol. The van der Waals surface area contributed by atoms with E-state index in [-0.39, 0.29) is 11.9 Å². The van der Waals surface area contributed by atoms with E-state index < -0.39 is 0 Å². The summed E-state index contributed by atoms with van der Waals surface area (Å²) < 4.78 is 5.51. The van der Waals surface area contributed by atoms with Crippen molar-refractivity contribution < 1.29 is 9.53 Å². The summed E-state index contributed by atoms with van der Waals surface area (Å²) in [5, 5.41) is 2.95. The van der Waals surface area contributed by atoms with E-state index in [1.165, 1.54) is 0 Å². The number of ether oxygens (including phenoxy) is 1. The molecule has 1 amide bonds. The highest BCUT2D eigenvalue weighted by Crippen LogP contribution is 2.10. The maximum Gasteiger partial charge on any atom is 0.222 e. The molecule has 0 fully saturated rings. The first kappa shape index (κ1) is 15.2. The summed E-state index contributed by atoms with van der Waals surface area (Å²) in [4.78, 5) is 15.8. The Balaban J connectivity index is 1.66. The number of benzene rings is 1. The zero-order chi connectivity index (χ0) is 14.9. The molecule has 0 unspecified atom stereocenters. The highest BCUT2D eigenvalue weighted by molar-refractivity contribution is 5.76. The highest BCUT2D eigenvalue weighted by Gasteiger charge is 2.08. The molecule has 0 saturated heterocycles. The number of aromatic nitrogens is 1. The fraction of sp³-hybridized carbons (Fsp3) is 0.294. The molecule has 0 aliphatic heterocycles. The first-order valence-corrected chi connectivity index (χ1v) is 7.06. The lowest BCUT2D eigenvalue weighted by atomic mass is 10.1. The summed E-state index contributed by atoms with van der Waals surface area (Å²) in [6, 6.07) is 13.7. The van der Waals surface area contributed by atoms with Crippen molar-refractivity contribution >= 4 is 5.91 Å². The van der Waals surface area contributed by atoms with Crippen LogP contribution in [0.25, 0.3) is 0 Å². The molecular formula is C17H20N2O2. The van der Waals surface area contributed by atoms with Crippen molar-refractivity contribution in [3.05, 3.63) is 66.0 Å². The van der Waals surface area contributed by atoms with Gasteiger partial charge in [-0.3, -0.25) is 9.78 Å². The van der Waals surface area contributed by atoms with Crippen molar-refractivity contribution in [2.75, 3.05) is 6.61 Å². The Morgan fingerprint density at radius 2 is 1.90 bits per heavy atom. The van der Waals surface area contributed by atoms with Gasteiger partial charge in [-0.05, 0) is 30.2 Å². The molecule has 4 heteroatoms. The number of nitrogens with zero attached hydrogens (tertiary/aromatic N) is 1. The third kappa shape index (κ3) is 5.36. The van der Waals surface area contributed by atoms with Crippen LogP contribution in [-0.2, 0) is 16.1 Å². The van der Waals surface area contributed by atoms with E-state index >= 15 is 0 Å². The van der Waals surface area contributed by atoms with Crippen molar-refractivity contribution in [2.45, 2.75) is 26.0 Å². The quantitative estimate of drug-likeness (QED) is 0.795. The molecule has 2 rings (SSSR count). The number of amides is 1. The molecule has 0 saturated carbocycles. The number of pyridine rings is 1. The van der Waals surface area contributed by atoms with E-state index in [1.54, 1.807) is 12.4 Å². The van der Waals surface area contributed by atoms with Gasteiger partial charge in [-0.25, -0.2) is 0 Å². The van der Waals surface area contributed by atoms with E-state index in [1.807, 2.05) is 49.4 Å². The Hall–Kier alpha value is -2.20. The Kier molecular flexibility index (Phi) is 5.91. The monoisotopic (exact) mass is 284 g/mol. The fourth-order valence-corrected chi connectivity index (χ4v) is 1.98. The van der Waals surface area contributed by atoms with Gasteiger partial charge in [0.2, 0.25) is 5.91 Å². The third-order valence-electron chi connectivity index (χ3n) is 3.17. The molecule has 1 aromatic heterocycles. The van der Waals surface area contributed by atoms with E-state index in [9.17, 15) is 4.79 Å². The van der Waals surface area contributed by atoms with Crippen molar-refractivity contribution in [3.8, 4) is 0 Å². The van der Waals surface area contributed by atoms with Gasteiger partial charge in [-0.15, -0.1) is 0 Å². The van der Waals surface area contributed by atoms with Crippen LogP contribution in [0.3, 0.4) is 0 Å². The van der Waals surface area contributed by atoms with Crippen LogP contribution in [0.4, 0.5) is 0 Å². The molecule has 0 radical (unpaired) electrons. The van der Waals surface area contributed by atoms with Gasteiger partial charge in [0.1, 0.15) is 0 Å². The minimum absolute atomic E-state index is 0.00706. The summed E-state index contributed by atoms with van der Waals surface area (Å²) in [6.07, 6.45) is 3.81. The molecule has 2 aromatic rings. The first-order chi connectivity index (χ1) is 10.3. The average molecular weight is 284 g/mol. The van der Waals surface area contributed by atoms with E-state index in [2.05, 4.69) is 10.3 Å². The Morgan fingerprint density at radius 1 is 1.19 bits per heavy atom. The highest BCUT2D eigenvalue weighted by atomic mass is 16.5. The largest absolute Gasteiger partial charge is 0.376 e. The van der Waals surface area contributed by atoms with Crippen LogP contribution in [0, 0.1) is 0 Å². The maximum absolute atomic E-state index is 11.8. The number of carbonyl (C=O) groups is 1. The summed E-state index contributed by atoms with van der Waals surface area (Å²) in [6.45, 7) is 2.91. The van der Waals surface area contributed by atoms with E-state index in [0.29, 0.717) is 19.6 Å². The molecule has 0 spiro atoms. The van der Waals surface area contributed by atoms with Gasteiger partial charge in [-0.2, -0.15) is 0 Å². The standard InChI is InChI=1S/C17H20N2O2/c1-14(16-7-10-18-11-8-16)19-17(20)9-12-21-13-15-5-3-2-4-6-15/h2-8,10-11,14H,9,12-13H2,1H3,(H,19,20)/t14-/m1/s1. The Bertz CT molecular complexity index is 543. The second-order valence-corrected chi connectivity index (χ2v) is 4.86. The maximum atomic E-state index is 11.8. The van der Waals surface area contributed by atoms with Gasteiger partial charge in [0.15, 0.2) is 0 Å². The second-order valence-electron chi connectivity index (χ2n) is 4.86. The van der Waals surface area contributed by atoms with Crippen molar-refractivity contribution in [3.63, 3.8) is 0 Å². The topological polar surface area (TPSA) is 51.2 Å². The number of nitrogens with one attached hydrogen (secondary N) is 1. The second kappa shape index (κ2) is 8.17. The van der Waals surface area contributed by atoms with Crippen LogP contribution < -0.4 is 5.32 Å². The van der Waals surface area contributed by atoms with E-state index in [4.69, 9.17) is 4.74 Å². The molecule has 0 bridgehead atoms. The molecule has 0 aliphatic carbocycles. The van der Waals surface area contributed by atoms with Gasteiger partial charge >= 0.3 is 0 Å². The molecule has 1 heterocycles. The number of hydrogen-bond donors (Lipinski definition) is 1. The zero-order valence-corrected chi connectivity index (χ0v) is 12.2. The van der Waals surface area contributed by atoms with Crippen LogP contribution in [0.1, 0.15) is 30.5 Å². The lowest BCUT2D eigenvalue weighted by Gasteiger charge is -2.14. The molecule has 110 valence electrons. The number of rotatable bonds is 7. The smallest absolute Gasteiger partial charge is 0.222 e. The first-order valence-electron chi connectivity index (χ1n) is 7.06. The summed E-state index contributed by atoms with van der Waals surface area (Å²) >= 11 is 0. The fourth-order valence-electron chi connectivity index (χ4n) is 1.98. The minimum Gasteiger partial charge on any atom is -0.376 e. The molecule has 21 heavy (non-hydrogen) atoms. The summed E-state index contributed by atoms with van der Waals surface area (Å²) in [5.41, 5.74) is 2.16.